The Morgan fingerprint density at radius 1 is 0.564 bits per heavy atom. The molecule has 2 heteroatoms. The molecule has 1 atom stereocenters. The molecule has 1 unspecified atom stereocenters. The van der Waals surface area contributed by atoms with E-state index in [9.17, 15) is 0 Å². The number of para-hydroxylation sites is 3. The fourth-order valence-corrected chi connectivity index (χ4v) is 6.34. The molecule has 0 N–H and O–H groups in total. The summed E-state index contributed by atoms with van der Waals surface area (Å²) in [5.74, 6) is 0. The van der Waals surface area contributed by atoms with Crippen molar-refractivity contribution >= 4 is 38.6 Å². The van der Waals surface area contributed by atoms with Crippen molar-refractivity contribution in [2.45, 2.75) is 6.04 Å². The van der Waals surface area contributed by atoms with Gasteiger partial charge in [-0.3, -0.25) is 0 Å². The number of hydrogen-bond donors (Lipinski definition) is 0. The minimum absolute atomic E-state index is 0.0608. The van der Waals surface area contributed by atoms with E-state index in [0.29, 0.717) is 0 Å². The van der Waals surface area contributed by atoms with E-state index in [1.54, 1.807) is 0 Å². The molecule has 6 aromatic rings. The zero-order valence-corrected chi connectivity index (χ0v) is 21.4. The molecule has 0 spiro atoms. The average molecular weight is 499 g/mol. The Balaban J connectivity index is 1.59. The molecule has 0 radical (unpaired) electrons. The van der Waals surface area contributed by atoms with Crippen molar-refractivity contribution in [3.63, 3.8) is 0 Å². The minimum atomic E-state index is 0.0608. The van der Waals surface area contributed by atoms with Crippen LogP contribution in [-0.4, -0.2) is 10.6 Å². The lowest BCUT2D eigenvalue weighted by Crippen LogP contribution is -2.29. The summed E-state index contributed by atoms with van der Waals surface area (Å²) in [4.78, 5) is 2.47. The molecule has 2 heterocycles. The summed E-state index contributed by atoms with van der Waals surface area (Å²) in [6.45, 7) is 0. The zero-order chi connectivity index (χ0) is 25.8. The van der Waals surface area contributed by atoms with Gasteiger partial charge in [0, 0.05) is 39.0 Å². The number of fused-ring (bicyclic) bond motifs is 9. The normalized spacial score (nSPS) is 15.8. The van der Waals surface area contributed by atoms with Crippen molar-refractivity contribution < 1.29 is 0 Å². The lowest BCUT2D eigenvalue weighted by atomic mass is 9.92. The van der Waals surface area contributed by atoms with Crippen LogP contribution in [0, 0.1) is 0 Å². The Kier molecular flexibility index (Phi) is 4.92. The van der Waals surface area contributed by atoms with Gasteiger partial charge in [-0.05, 0) is 47.4 Å². The van der Waals surface area contributed by atoms with Crippen molar-refractivity contribution in [3.8, 4) is 16.8 Å². The third kappa shape index (κ3) is 3.35. The van der Waals surface area contributed by atoms with E-state index in [4.69, 9.17) is 0 Å². The minimum Gasteiger partial charge on any atom is -0.330 e. The summed E-state index contributed by atoms with van der Waals surface area (Å²) in [6, 6.07) is 43.8. The first-order chi connectivity index (χ1) is 19.4. The second-order valence-corrected chi connectivity index (χ2v) is 10.2. The molecular weight excluding hydrogens is 472 g/mol. The molecule has 0 amide bonds. The summed E-state index contributed by atoms with van der Waals surface area (Å²) >= 11 is 0. The first-order valence-corrected chi connectivity index (χ1v) is 13.5. The number of benzene rings is 5. The van der Waals surface area contributed by atoms with Gasteiger partial charge in [-0.2, -0.15) is 0 Å². The lowest BCUT2D eigenvalue weighted by Gasteiger charge is -2.34. The van der Waals surface area contributed by atoms with Gasteiger partial charge in [-0.1, -0.05) is 115 Å². The predicted molar refractivity (Wildman–Crippen MR) is 165 cm³/mol. The fraction of sp³-hybridized carbons (Fsp3) is 0.0270. The van der Waals surface area contributed by atoms with Gasteiger partial charge in [0.05, 0.1) is 17.3 Å². The quantitative estimate of drug-likeness (QED) is 0.231. The molecule has 2 aliphatic rings. The Morgan fingerprint density at radius 3 is 2.13 bits per heavy atom. The van der Waals surface area contributed by atoms with Crippen molar-refractivity contribution in [2.24, 2.45) is 0 Å². The smallest absolute Gasteiger partial charge is 0.0719 e. The highest BCUT2D eigenvalue weighted by Gasteiger charge is 2.30. The molecule has 184 valence electrons. The summed E-state index contributed by atoms with van der Waals surface area (Å²) in [5, 5.41) is 3.77. The number of aromatic nitrogens is 1. The summed E-state index contributed by atoms with van der Waals surface area (Å²) in [7, 11) is 0. The second kappa shape index (κ2) is 8.75. The van der Waals surface area contributed by atoms with E-state index in [1.807, 2.05) is 0 Å². The first-order valence-electron chi connectivity index (χ1n) is 13.5. The molecule has 0 fully saturated rings. The maximum Gasteiger partial charge on any atom is 0.0719 e. The van der Waals surface area contributed by atoms with E-state index >= 15 is 0 Å². The van der Waals surface area contributed by atoms with E-state index < -0.39 is 0 Å². The summed E-state index contributed by atoms with van der Waals surface area (Å²) in [6.07, 6.45) is 11.3. The van der Waals surface area contributed by atoms with E-state index in [2.05, 4.69) is 161 Å². The Morgan fingerprint density at radius 2 is 1.28 bits per heavy atom. The molecule has 0 saturated heterocycles. The Bertz CT molecular complexity index is 1960. The van der Waals surface area contributed by atoms with Crippen LogP contribution in [0.4, 0.5) is 11.4 Å². The Labute approximate surface area is 228 Å². The third-order valence-corrected chi connectivity index (χ3v) is 7.95. The maximum absolute atomic E-state index is 2.49. The average Bonchev–Trinajstić information content (AvgIpc) is 3.14. The summed E-state index contributed by atoms with van der Waals surface area (Å²) in [5.41, 5.74) is 9.77. The molecule has 1 aliphatic carbocycles. The monoisotopic (exact) mass is 498 g/mol. The van der Waals surface area contributed by atoms with Crippen LogP contribution in [-0.2, 0) is 0 Å². The molecule has 2 bridgehead atoms. The van der Waals surface area contributed by atoms with Gasteiger partial charge in [-0.15, -0.1) is 0 Å². The summed E-state index contributed by atoms with van der Waals surface area (Å²) < 4.78 is 2.49. The van der Waals surface area contributed by atoms with Gasteiger partial charge in [0.1, 0.15) is 0 Å². The fourth-order valence-electron chi connectivity index (χ4n) is 6.34. The molecular formula is C37H26N2. The SMILES string of the molecule is C1=CC2=CC(C=C1)N(c1ccccc1)c1ccccc1-c1c2n(-c2ccccc2)c2c1ccc1ccccc12. The van der Waals surface area contributed by atoms with Gasteiger partial charge in [0.2, 0.25) is 0 Å². The van der Waals surface area contributed by atoms with Crippen molar-refractivity contribution in [1.82, 2.24) is 4.57 Å². The number of anilines is 2. The van der Waals surface area contributed by atoms with Gasteiger partial charge in [0.25, 0.3) is 0 Å². The first kappa shape index (κ1) is 22.0. The van der Waals surface area contributed by atoms with Crippen molar-refractivity contribution in [3.05, 3.63) is 157 Å². The van der Waals surface area contributed by atoms with Crippen LogP contribution in [0.3, 0.4) is 0 Å². The standard InChI is InChI=1S/C37H26N2/c1-3-15-28(16-4-1)38-30-19-9-7-14-27(25-30)36-35(32-21-11-12-22-34(32)38)33-24-23-26-13-8-10-20-31(26)37(33)39(36)29-17-5-2-6-18-29/h1-25,30H. The lowest BCUT2D eigenvalue weighted by molar-refractivity contribution is 0.942. The predicted octanol–water partition coefficient (Wildman–Crippen LogP) is 9.48. The van der Waals surface area contributed by atoms with Gasteiger partial charge >= 0.3 is 0 Å². The van der Waals surface area contributed by atoms with Crippen LogP contribution >= 0.6 is 0 Å². The van der Waals surface area contributed by atoms with Gasteiger partial charge < -0.3 is 9.47 Å². The van der Waals surface area contributed by atoms with E-state index in [0.717, 1.165) is 0 Å². The van der Waals surface area contributed by atoms with E-state index in [-0.39, 0.29) is 6.04 Å². The molecule has 2 nitrogen and oxygen atoms in total. The number of allylic oxidation sites excluding steroid dienone is 4. The highest BCUT2D eigenvalue weighted by molar-refractivity contribution is 6.16. The van der Waals surface area contributed by atoms with Crippen molar-refractivity contribution in [2.75, 3.05) is 4.90 Å². The van der Waals surface area contributed by atoms with Crippen LogP contribution in [0.25, 0.3) is 44.1 Å². The molecule has 1 aromatic heterocycles. The highest BCUT2D eigenvalue weighted by Crippen LogP contribution is 2.49. The molecule has 8 rings (SSSR count). The number of nitrogens with zero attached hydrogens (tertiary/aromatic N) is 2. The molecule has 0 saturated carbocycles. The van der Waals surface area contributed by atoms with Crippen LogP contribution in [0.15, 0.2) is 152 Å². The third-order valence-electron chi connectivity index (χ3n) is 7.95. The molecule has 5 aromatic carbocycles. The highest BCUT2D eigenvalue weighted by atomic mass is 15.2. The molecule has 1 aliphatic heterocycles. The van der Waals surface area contributed by atoms with Gasteiger partial charge in [0.15, 0.2) is 0 Å². The Hall–Kier alpha value is -5.08. The topological polar surface area (TPSA) is 8.17 Å². The largest absolute Gasteiger partial charge is 0.330 e. The van der Waals surface area contributed by atoms with Crippen LogP contribution < -0.4 is 4.90 Å². The van der Waals surface area contributed by atoms with Crippen molar-refractivity contribution in [1.29, 1.82) is 0 Å². The number of rotatable bonds is 2. The van der Waals surface area contributed by atoms with Crippen LogP contribution in [0.5, 0.6) is 0 Å². The second-order valence-electron chi connectivity index (χ2n) is 10.2. The maximum atomic E-state index is 2.49. The van der Waals surface area contributed by atoms with Gasteiger partial charge in [-0.25, -0.2) is 0 Å². The van der Waals surface area contributed by atoms with Crippen LogP contribution in [0.2, 0.25) is 0 Å². The van der Waals surface area contributed by atoms with E-state index in [1.165, 1.54) is 61.1 Å². The number of hydrogen-bond acceptors (Lipinski definition) is 1. The zero-order valence-electron chi connectivity index (χ0n) is 21.4. The van der Waals surface area contributed by atoms with Crippen LogP contribution in [0.1, 0.15) is 5.69 Å². The molecule has 39 heavy (non-hydrogen) atoms.